The van der Waals surface area contributed by atoms with Gasteiger partial charge in [-0.05, 0) is 42.5 Å². The van der Waals surface area contributed by atoms with Crippen molar-refractivity contribution in [3.05, 3.63) is 71.9 Å². The molecule has 1 aromatic heterocycles. The van der Waals surface area contributed by atoms with E-state index in [1.54, 1.807) is 42.6 Å². The van der Waals surface area contributed by atoms with Gasteiger partial charge >= 0.3 is 0 Å². The smallest absolute Gasteiger partial charge is 0.229 e. The normalized spacial score (nSPS) is 9.58. The van der Waals surface area contributed by atoms with Gasteiger partial charge in [0.05, 0.1) is 22.9 Å². The van der Waals surface area contributed by atoms with Gasteiger partial charge in [0.15, 0.2) is 0 Å². The van der Waals surface area contributed by atoms with Crippen LogP contribution in [0.3, 0.4) is 0 Å². The van der Waals surface area contributed by atoms with Crippen LogP contribution in [0.4, 0.5) is 23.1 Å². The van der Waals surface area contributed by atoms with Gasteiger partial charge in [-0.3, -0.25) is 0 Å². The Morgan fingerprint density at radius 2 is 1.62 bits per heavy atom. The maximum absolute atomic E-state index is 9.13. The van der Waals surface area contributed by atoms with E-state index in [2.05, 4.69) is 32.7 Å². The fourth-order valence-electron chi connectivity index (χ4n) is 2.07. The summed E-state index contributed by atoms with van der Waals surface area (Å²) in [6.45, 7) is 0. The van der Waals surface area contributed by atoms with Crippen molar-refractivity contribution < 1.29 is 0 Å². The molecule has 114 valence electrons. The molecule has 0 aliphatic heterocycles. The Morgan fingerprint density at radius 1 is 0.833 bits per heavy atom. The Balaban J connectivity index is 1.79. The molecule has 0 amide bonds. The summed E-state index contributed by atoms with van der Waals surface area (Å²) in [5, 5.41) is 24.1. The second-order valence-electron chi connectivity index (χ2n) is 4.86. The van der Waals surface area contributed by atoms with E-state index in [1.807, 2.05) is 18.2 Å². The summed E-state index contributed by atoms with van der Waals surface area (Å²) in [4.78, 5) is 8.54. The molecule has 0 radical (unpaired) electrons. The van der Waals surface area contributed by atoms with Crippen molar-refractivity contribution in [2.45, 2.75) is 0 Å². The van der Waals surface area contributed by atoms with Crippen LogP contribution >= 0.6 is 0 Å². The zero-order valence-electron chi connectivity index (χ0n) is 12.6. The van der Waals surface area contributed by atoms with Gasteiger partial charge in [0.2, 0.25) is 5.95 Å². The van der Waals surface area contributed by atoms with Gasteiger partial charge in [0.1, 0.15) is 11.9 Å². The van der Waals surface area contributed by atoms with E-state index in [0.29, 0.717) is 28.6 Å². The quantitative estimate of drug-likeness (QED) is 0.762. The number of rotatable bonds is 4. The fourth-order valence-corrected chi connectivity index (χ4v) is 2.07. The molecule has 1 heterocycles. The second-order valence-corrected chi connectivity index (χ2v) is 4.86. The molecule has 24 heavy (non-hydrogen) atoms. The number of nitrogens with one attached hydrogen (secondary N) is 2. The summed E-state index contributed by atoms with van der Waals surface area (Å²) in [5.74, 6) is 0.989. The number of hydrogen-bond acceptors (Lipinski definition) is 6. The minimum Gasteiger partial charge on any atom is -0.339 e. The first-order chi connectivity index (χ1) is 11.8. The molecule has 2 N–H and O–H groups in total. The first-order valence-corrected chi connectivity index (χ1v) is 7.15. The number of nitrogens with zero attached hydrogens (tertiary/aromatic N) is 4. The van der Waals surface area contributed by atoms with Crippen molar-refractivity contribution in [1.29, 1.82) is 10.5 Å². The van der Waals surface area contributed by atoms with Gasteiger partial charge in [-0.2, -0.15) is 15.5 Å². The van der Waals surface area contributed by atoms with Gasteiger partial charge < -0.3 is 10.6 Å². The van der Waals surface area contributed by atoms with E-state index in [4.69, 9.17) is 10.5 Å². The summed E-state index contributed by atoms with van der Waals surface area (Å²) >= 11 is 0. The SMILES string of the molecule is N#Cc1ccc(Nc2nccc(Nc3ccccc3C#N)n2)cc1. The molecule has 0 bridgehead atoms. The molecule has 6 nitrogen and oxygen atoms in total. The summed E-state index contributed by atoms with van der Waals surface area (Å²) < 4.78 is 0. The maximum atomic E-state index is 9.13. The predicted octanol–water partition coefficient (Wildman–Crippen LogP) is 3.71. The Kier molecular flexibility index (Phi) is 4.32. The lowest BCUT2D eigenvalue weighted by Crippen LogP contribution is -2.01. The van der Waals surface area contributed by atoms with Crippen LogP contribution in [-0.4, -0.2) is 9.97 Å². The molecular weight excluding hydrogens is 300 g/mol. The highest BCUT2D eigenvalue weighted by Crippen LogP contribution is 2.20. The molecule has 3 rings (SSSR count). The summed E-state index contributed by atoms with van der Waals surface area (Å²) in [6.07, 6.45) is 1.62. The first-order valence-electron chi connectivity index (χ1n) is 7.15. The minimum atomic E-state index is 0.416. The van der Waals surface area contributed by atoms with E-state index in [9.17, 15) is 0 Å². The lowest BCUT2D eigenvalue weighted by molar-refractivity contribution is 1.16. The van der Waals surface area contributed by atoms with Gasteiger partial charge in [0.25, 0.3) is 0 Å². The van der Waals surface area contributed by atoms with E-state index >= 15 is 0 Å². The van der Waals surface area contributed by atoms with Crippen molar-refractivity contribution in [3.63, 3.8) is 0 Å². The van der Waals surface area contributed by atoms with Crippen LogP contribution in [0, 0.1) is 22.7 Å². The Morgan fingerprint density at radius 3 is 2.38 bits per heavy atom. The fraction of sp³-hybridized carbons (Fsp3) is 0. The molecule has 6 heteroatoms. The first kappa shape index (κ1) is 15.0. The van der Waals surface area contributed by atoms with Gasteiger partial charge in [-0.15, -0.1) is 0 Å². The van der Waals surface area contributed by atoms with Crippen LogP contribution in [0.25, 0.3) is 0 Å². The highest BCUT2D eigenvalue weighted by molar-refractivity contribution is 5.65. The van der Waals surface area contributed by atoms with Crippen LogP contribution in [-0.2, 0) is 0 Å². The number of para-hydroxylation sites is 1. The number of aromatic nitrogens is 2. The minimum absolute atomic E-state index is 0.416. The topological polar surface area (TPSA) is 97.4 Å². The van der Waals surface area contributed by atoms with Crippen LogP contribution in [0.1, 0.15) is 11.1 Å². The van der Waals surface area contributed by atoms with E-state index in [0.717, 1.165) is 5.69 Å². The second kappa shape index (κ2) is 6.91. The van der Waals surface area contributed by atoms with E-state index < -0.39 is 0 Å². The third kappa shape index (κ3) is 3.46. The number of benzene rings is 2. The van der Waals surface area contributed by atoms with Crippen LogP contribution in [0.5, 0.6) is 0 Å². The number of anilines is 4. The van der Waals surface area contributed by atoms with Crippen LogP contribution < -0.4 is 10.6 Å². The predicted molar refractivity (Wildman–Crippen MR) is 90.9 cm³/mol. The molecule has 0 atom stereocenters. The molecule has 0 aliphatic rings. The zero-order chi connectivity index (χ0) is 16.8. The van der Waals surface area contributed by atoms with Crippen molar-refractivity contribution in [3.8, 4) is 12.1 Å². The molecule has 0 fully saturated rings. The van der Waals surface area contributed by atoms with Gasteiger partial charge in [-0.25, -0.2) is 4.98 Å². The molecule has 0 saturated heterocycles. The van der Waals surface area contributed by atoms with Crippen LogP contribution in [0.2, 0.25) is 0 Å². The third-order valence-electron chi connectivity index (χ3n) is 3.24. The van der Waals surface area contributed by atoms with Crippen molar-refractivity contribution in [2.24, 2.45) is 0 Å². The molecule has 0 aliphatic carbocycles. The monoisotopic (exact) mass is 312 g/mol. The summed E-state index contributed by atoms with van der Waals surface area (Å²) in [5.41, 5.74) is 2.59. The zero-order valence-corrected chi connectivity index (χ0v) is 12.6. The molecule has 2 aromatic carbocycles. The van der Waals surface area contributed by atoms with Crippen molar-refractivity contribution in [1.82, 2.24) is 9.97 Å². The number of nitriles is 2. The lowest BCUT2D eigenvalue weighted by atomic mass is 10.2. The summed E-state index contributed by atoms with van der Waals surface area (Å²) in [7, 11) is 0. The average Bonchev–Trinajstić information content (AvgIpc) is 2.63. The lowest BCUT2D eigenvalue weighted by Gasteiger charge is -2.09. The van der Waals surface area contributed by atoms with Gasteiger partial charge in [0, 0.05) is 11.9 Å². The summed E-state index contributed by atoms with van der Waals surface area (Å²) in [6, 6.07) is 20.1. The molecular formula is C18H12N6. The third-order valence-corrected chi connectivity index (χ3v) is 3.24. The Hall–Kier alpha value is -3.90. The molecule has 0 saturated carbocycles. The Labute approximate surface area is 139 Å². The van der Waals surface area contributed by atoms with E-state index in [-0.39, 0.29) is 0 Å². The maximum Gasteiger partial charge on any atom is 0.229 e. The van der Waals surface area contributed by atoms with Crippen LogP contribution in [0.15, 0.2) is 60.8 Å². The standard InChI is InChI=1S/C18H12N6/c19-11-13-5-7-15(8-6-13)22-18-21-10-9-17(24-18)23-16-4-2-1-3-14(16)12-20/h1-10H,(H2,21,22,23,24). The van der Waals surface area contributed by atoms with E-state index in [1.165, 1.54) is 0 Å². The highest BCUT2D eigenvalue weighted by Gasteiger charge is 2.04. The average molecular weight is 312 g/mol. The highest BCUT2D eigenvalue weighted by atomic mass is 15.1. The number of hydrogen-bond donors (Lipinski definition) is 2. The van der Waals surface area contributed by atoms with Crippen molar-refractivity contribution >= 4 is 23.1 Å². The van der Waals surface area contributed by atoms with Crippen molar-refractivity contribution in [2.75, 3.05) is 10.6 Å². The molecule has 0 spiro atoms. The van der Waals surface area contributed by atoms with Gasteiger partial charge in [-0.1, -0.05) is 12.1 Å². The molecule has 0 unspecified atom stereocenters. The largest absolute Gasteiger partial charge is 0.339 e. The Bertz CT molecular complexity index is 935. The molecule has 3 aromatic rings.